The van der Waals surface area contributed by atoms with Crippen LogP contribution in [0.4, 0.5) is 5.69 Å². The van der Waals surface area contributed by atoms with Crippen molar-refractivity contribution in [1.29, 1.82) is 0 Å². The number of hydrogen-bond donors (Lipinski definition) is 2. The summed E-state index contributed by atoms with van der Waals surface area (Å²) < 4.78 is 50.3. The zero-order valence-corrected chi connectivity index (χ0v) is 9.12. The van der Waals surface area contributed by atoms with E-state index in [0.717, 1.165) is 0 Å². The summed E-state index contributed by atoms with van der Waals surface area (Å²) in [4.78, 5) is 11.7. The molecule has 0 saturated carbocycles. The van der Waals surface area contributed by atoms with Crippen LogP contribution in [0.5, 0.6) is 5.75 Å². The zero-order chi connectivity index (χ0) is 17.5. The molecule has 1 aliphatic heterocycles. The second-order valence-corrected chi connectivity index (χ2v) is 3.52. The Balaban J connectivity index is 2.12. The molecule has 0 bridgehead atoms. The van der Waals surface area contributed by atoms with Crippen LogP contribution >= 0.6 is 0 Å². The van der Waals surface area contributed by atoms with E-state index in [1.54, 1.807) is 0 Å². The molecule has 4 heteroatoms. The third-order valence-corrected chi connectivity index (χ3v) is 2.25. The molecule has 0 unspecified atom stereocenters. The Morgan fingerprint density at radius 1 is 1.47 bits per heavy atom. The monoisotopic (exact) mass is 241 g/mol. The van der Waals surface area contributed by atoms with Gasteiger partial charge in [-0.2, -0.15) is 0 Å². The lowest BCUT2D eigenvalue weighted by molar-refractivity contribution is -0.116. The lowest BCUT2D eigenvalue weighted by Crippen LogP contribution is -2.18. The summed E-state index contributed by atoms with van der Waals surface area (Å²) in [5, 5.41) is 11.3. The van der Waals surface area contributed by atoms with E-state index in [0.29, 0.717) is 5.75 Å². The number of fused-ring (bicyclic) bond motifs is 1. The Morgan fingerprint density at radius 2 is 2.35 bits per heavy atom. The van der Waals surface area contributed by atoms with Crippen molar-refractivity contribution in [1.82, 2.24) is 0 Å². The van der Waals surface area contributed by atoms with Crippen molar-refractivity contribution in [3.8, 4) is 5.75 Å². The van der Waals surface area contributed by atoms with E-state index < -0.39 is 25.2 Å². The van der Waals surface area contributed by atoms with Crippen LogP contribution in [0.2, 0.25) is 0 Å². The molecule has 17 heavy (non-hydrogen) atoms. The highest BCUT2D eigenvalue weighted by Gasteiger charge is 2.14. The number of carbonyl (C=O) groups is 1. The minimum Gasteiger partial charge on any atom is -0.494 e. The number of carbonyl (C=O) groups excluding carboxylic acids is 1. The molecular formula is C13H17NO3. The number of amides is 1. The molecule has 0 radical (unpaired) electrons. The van der Waals surface area contributed by atoms with Gasteiger partial charge in [-0.15, -0.1) is 0 Å². The summed E-state index contributed by atoms with van der Waals surface area (Å²) >= 11 is 0. The molecule has 0 atom stereocenters. The van der Waals surface area contributed by atoms with Gasteiger partial charge in [0, 0.05) is 30.2 Å². The second kappa shape index (κ2) is 5.68. The van der Waals surface area contributed by atoms with E-state index in [1.807, 2.05) is 0 Å². The fourth-order valence-electron chi connectivity index (χ4n) is 1.44. The number of nitrogens with one attached hydrogen (secondary N) is 1. The van der Waals surface area contributed by atoms with Crippen molar-refractivity contribution in [2.45, 2.75) is 25.6 Å². The predicted molar refractivity (Wildman–Crippen MR) is 65.2 cm³/mol. The maximum atomic E-state index is 11.7. The van der Waals surface area contributed by atoms with Crippen LogP contribution in [0.25, 0.3) is 0 Å². The van der Waals surface area contributed by atoms with Crippen LogP contribution in [0.15, 0.2) is 18.2 Å². The molecular weight excluding hydrogens is 218 g/mol. The van der Waals surface area contributed by atoms with E-state index >= 15 is 0 Å². The topological polar surface area (TPSA) is 58.6 Å². The van der Waals surface area contributed by atoms with Crippen LogP contribution in [0.3, 0.4) is 0 Å². The van der Waals surface area contributed by atoms with Crippen LogP contribution in [0, 0.1) is 0 Å². The molecule has 0 fully saturated rings. The second-order valence-electron chi connectivity index (χ2n) is 3.52. The average Bonchev–Trinajstić information content (AvgIpc) is 2.41. The molecule has 1 aliphatic rings. The Labute approximate surface area is 109 Å². The molecule has 1 aromatic carbocycles. The van der Waals surface area contributed by atoms with Gasteiger partial charge in [0.05, 0.1) is 9.35 Å². The van der Waals surface area contributed by atoms with E-state index in [4.69, 9.17) is 18.1 Å². The Hall–Kier alpha value is -1.55. The SMILES string of the molecule is [2H]C([2H])(O)CCCOc1ccc2c(c1)NC(=O)C([2H])([2H])C2([2H])[2H]. The van der Waals surface area contributed by atoms with Crippen molar-refractivity contribution in [3.63, 3.8) is 0 Å². The van der Waals surface area contributed by atoms with E-state index in [-0.39, 0.29) is 30.7 Å². The molecule has 0 saturated heterocycles. The van der Waals surface area contributed by atoms with Gasteiger partial charge in [-0.1, -0.05) is 6.07 Å². The fraction of sp³-hybridized carbons (Fsp3) is 0.462. The number of anilines is 1. The molecule has 4 nitrogen and oxygen atoms in total. The summed E-state index contributed by atoms with van der Waals surface area (Å²) in [5.41, 5.74) is 0.172. The van der Waals surface area contributed by atoms with Gasteiger partial charge in [0.25, 0.3) is 0 Å². The number of aliphatic hydroxyl groups is 1. The molecule has 2 rings (SSSR count). The van der Waals surface area contributed by atoms with Crippen LogP contribution in [-0.4, -0.2) is 24.2 Å². The third kappa shape index (κ3) is 3.20. The van der Waals surface area contributed by atoms with Crippen molar-refractivity contribution in [2.75, 3.05) is 18.5 Å². The summed E-state index contributed by atoms with van der Waals surface area (Å²) in [6.07, 6.45) is -4.95. The van der Waals surface area contributed by atoms with Crippen molar-refractivity contribution < 1.29 is 22.9 Å². The first-order chi connectivity index (χ1) is 10.4. The van der Waals surface area contributed by atoms with Crippen LogP contribution in [0.1, 0.15) is 33.0 Å². The van der Waals surface area contributed by atoms with E-state index in [1.165, 1.54) is 18.2 Å². The highest BCUT2D eigenvalue weighted by atomic mass is 16.5. The number of ether oxygens (including phenoxy) is 1. The van der Waals surface area contributed by atoms with Crippen molar-refractivity contribution in [3.05, 3.63) is 23.8 Å². The number of aryl methyl sites for hydroxylation is 1. The first-order valence-corrected chi connectivity index (χ1v) is 5.26. The van der Waals surface area contributed by atoms with Gasteiger partial charge in [0.1, 0.15) is 5.75 Å². The minimum absolute atomic E-state index is 0.0288. The highest BCUT2D eigenvalue weighted by Crippen LogP contribution is 2.27. The lowest BCUT2D eigenvalue weighted by atomic mass is 10.0. The molecule has 1 heterocycles. The standard InChI is InChI=1S/C13H17NO3/c15-7-1-2-8-17-11-5-3-10-4-6-13(16)14-12(10)9-11/h3,5,9,15H,1-2,4,6-8H2,(H,14,16)/i4D2,6D2,7D2. The van der Waals surface area contributed by atoms with Crippen molar-refractivity contribution in [2.24, 2.45) is 0 Å². The van der Waals surface area contributed by atoms with Gasteiger partial charge in [0.2, 0.25) is 5.91 Å². The maximum absolute atomic E-state index is 11.7. The average molecular weight is 241 g/mol. The predicted octanol–water partition coefficient (Wildman–Crippen LogP) is 1.72. The molecule has 0 aromatic heterocycles. The van der Waals surface area contributed by atoms with Crippen molar-refractivity contribution >= 4 is 11.6 Å². The molecule has 92 valence electrons. The zero-order valence-electron chi connectivity index (χ0n) is 15.1. The Kier molecular flexibility index (Phi) is 2.14. The molecule has 1 amide bonds. The first kappa shape index (κ1) is 6.40. The normalized spacial score (nSPS) is 26.1. The smallest absolute Gasteiger partial charge is 0.224 e. The van der Waals surface area contributed by atoms with Gasteiger partial charge < -0.3 is 15.2 Å². The fourth-order valence-corrected chi connectivity index (χ4v) is 1.44. The largest absolute Gasteiger partial charge is 0.494 e. The maximum Gasteiger partial charge on any atom is 0.224 e. The molecule has 2 N–H and O–H groups in total. The summed E-state index contributed by atoms with van der Waals surface area (Å²) in [6, 6.07) is 4.21. The quantitative estimate of drug-likeness (QED) is 0.772. The summed E-state index contributed by atoms with van der Waals surface area (Å²) in [5.74, 6) is -0.721. The molecule has 0 spiro atoms. The summed E-state index contributed by atoms with van der Waals surface area (Å²) in [7, 11) is 0. The highest BCUT2D eigenvalue weighted by molar-refractivity contribution is 5.94. The first-order valence-electron chi connectivity index (χ1n) is 8.26. The van der Waals surface area contributed by atoms with Crippen LogP contribution in [-0.2, 0) is 11.2 Å². The molecule has 1 aromatic rings. The van der Waals surface area contributed by atoms with Crippen LogP contribution < -0.4 is 10.1 Å². The molecule has 0 aliphatic carbocycles. The van der Waals surface area contributed by atoms with Gasteiger partial charge in [0.15, 0.2) is 0 Å². The Bertz CT molecular complexity index is 614. The number of rotatable bonds is 5. The lowest BCUT2D eigenvalue weighted by Gasteiger charge is -2.17. The number of benzene rings is 1. The Morgan fingerprint density at radius 3 is 3.18 bits per heavy atom. The van der Waals surface area contributed by atoms with Gasteiger partial charge >= 0.3 is 0 Å². The van der Waals surface area contributed by atoms with Gasteiger partial charge in [-0.3, -0.25) is 4.79 Å². The minimum atomic E-state index is -2.67. The van der Waals surface area contributed by atoms with Gasteiger partial charge in [-0.05, 0) is 30.8 Å². The summed E-state index contributed by atoms with van der Waals surface area (Å²) in [6.45, 7) is -2.12. The third-order valence-electron chi connectivity index (χ3n) is 2.25. The number of hydrogen-bond acceptors (Lipinski definition) is 3. The van der Waals surface area contributed by atoms with Gasteiger partial charge in [-0.25, -0.2) is 0 Å². The van der Waals surface area contributed by atoms with E-state index in [2.05, 4.69) is 5.32 Å². The van der Waals surface area contributed by atoms with E-state index in [9.17, 15) is 4.79 Å².